The highest BCUT2D eigenvalue weighted by atomic mass is 16.6. The topological polar surface area (TPSA) is 112 Å². The molecule has 1 aromatic heterocycles. The van der Waals surface area contributed by atoms with Gasteiger partial charge in [0.15, 0.2) is 0 Å². The normalized spacial score (nSPS) is 12.6. The molecule has 1 atom stereocenters. The van der Waals surface area contributed by atoms with Gasteiger partial charge in [-0.25, -0.2) is 4.79 Å². The van der Waals surface area contributed by atoms with Crippen molar-refractivity contribution in [3.63, 3.8) is 0 Å². The van der Waals surface area contributed by atoms with Crippen molar-refractivity contribution in [2.45, 2.75) is 112 Å². The highest BCUT2D eigenvalue weighted by Gasteiger charge is 2.27. The van der Waals surface area contributed by atoms with E-state index in [-0.39, 0.29) is 24.3 Å². The summed E-state index contributed by atoms with van der Waals surface area (Å²) in [6.45, 7) is 24.3. The van der Waals surface area contributed by atoms with Crippen molar-refractivity contribution < 1.29 is 23.9 Å². The van der Waals surface area contributed by atoms with Crippen molar-refractivity contribution in [1.29, 1.82) is 0 Å². The first-order valence-corrected chi connectivity index (χ1v) is 18.2. The van der Waals surface area contributed by atoms with Crippen LogP contribution < -0.4 is 15.4 Å². The maximum absolute atomic E-state index is 13.8. The van der Waals surface area contributed by atoms with Crippen LogP contribution in [0.3, 0.4) is 0 Å². The van der Waals surface area contributed by atoms with Gasteiger partial charge in [0.1, 0.15) is 17.1 Å². The molecule has 0 saturated carbocycles. The highest BCUT2D eigenvalue weighted by Crippen LogP contribution is 2.41. The van der Waals surface area contributed by atoms with Crippen LogP contribution in [0.4, 0.5) is 10.5 Å². The number of benzene rings is 3. The third kappa shape index (κ3) is 10.1. The molecule has 4 aromatic rings. The van der Waals surface area contributed by atoms with Crippen LogP contribution in [0.5, 0.6) is 11.5 Å². The van der Waals surface area contributed by atoms with Gasteiger partial charge < -0.3 is 20.1 Å². The van der Waals surface area contributed by atoms with Crippen LogP contribution in [-0.4, -0.2) is 39.8 Å². The third-order valence-corrected chi connectivity index (χ3v) is 8.68. The molecule has 0 saturated heterocycles. The summed E-state index contributed by atoms with van der Waals surface area (Å²) in [4.78, 5) is 39.1. The monoisotopic (exact) mass is 708 g/mol. The molecule has 0 radical (unpaired) electrons. The second-order valence-corrected chi connectivity index (χ2v) is 16.3. The number of hydrogen-bond acceptors (Lipinski definition) is 6. The van der Waals surface area contributed by atoms with Gasteiger partial charge in [0.25, 0.3) is 0 Å². The van der Waals surface area contributed by atoms with Crippen LogP contribution in [0.2, 0.25) is 0 Å². The van der Waals surface area contributed by atoms with E-state index in [0.717, 1.165) is 27.1 Å². The number of carbonyl (C=O) groups is 3. The average molecular weight is 709 g/mol. The molecule has 9 heteroatoms. The van der Waals surface area contributed by atoms with Crippen LogP contribution in [0.15, 0.2) is 73.1 Å². The Balaban J connectivity index is 1.56. The summed E-state index contributed by atoms with van der Waals surface area (Å²) in [6.07, 6.45) is 2.64. The van der Waals surface area contributed by atoms with E-state index in [1.807, 2.05) is 57.2 Å². The Morgan fingerprint density at radius 3 is 1.90 bits per heavy atom. The van der Waals surface area contributed by atoms with Gasteiger partial charge in [0.2, 0.25) is 11.8 Å². The average Bonchev–Trinajstić information content (AvgIpc) is 3.55. The van der Waals surface area contributed by atoms with Gasteiger partial charge in [-0.15, -0.1) is 0 Å². The molecule has 278 valence electrons. The van der Waals surface area contributed by atoms with E-state index in [4.69, 9.17) is 9.47 Å². The lowest BCUT2D eigenvalue weighted by molar-refractivity contribution is -0.128. The van der Waals surface area contributed by atoms with Crippen molar-refractivity contribution in [1.82, 2.24) is 15.1 Å². The van der Waals surface area contributed by atoms with Gasteiger partial charge in [-0.05, 0) is 91.1 Å². The molecule has 2 N–H and O–H groups in total. The van der Waals surface area contributed by atoms with Crippen LogP contribution in [0.1, 0.15) is 129 Å². The Hall–Kier alpha value is -4.92. The number of hydrogen-bond donors (Lipinski definition) is 2. The van der Waals surface area contributed by atoms with E-state index < -0.39 is 23.0 Å². The molecule has 0 spiro atoms. The summed E-state index contributed by atoms with van der Waals surface area (Å²) >= 11 is 0. The van der Waals surface area contributed by atoms with Gasteiger partial charge >= 0.3 is 6.09 Å². The predicted molar refractivity (Wildman–Crippen MR) is 208 cm³/mol. The highest BCUT2D eigenvalue weighted by molar-refractivity contribution is 5.96. The molecular formula is C43H56N4O5. The number of nitrogens with one attached hydrogen (secondary N) is 2. The summed E-state index contributed by atoms with van der Waals surface area (Å²) in [7, 11) is 0. The third-order valence-electron chi connectivity index (χ3n) is 8.68. The molecule has 0 aliphatic carbocycles. The van der Waals surface area contributed by atoms with Crippen LogP contribution >= 0.6 is 0 Å². The van der Waals surface area contributed by atoms with Gasteiger partial charge in [-0.2, -0.15) is 9.78 Å². The Morgan fingerprint density at radius 2 is 1.37 bits per heavy atom. The number of nitrogens with zero attached hydrogens (tertiary/aromatic N) is 2. The lowest BCUT2D eigenvalue weighted by atomic mass is 9.83. The molecule has 0 bridgehead atoms. The van der Waals surface area contributed by atoms with Gasteiger partial charge in [0, 0.05) is 35.0 Å². The fraction of sp³-hybridized carbons (Fsp3) is 0.442. The minimum atomic E-state index is -0.670. The van der Waals surface area contributed by atoms with E-state index in [9.17, 15) is 14.4 Å². The second-order valence-electron chi connectivity index (χ2n) is 16.3. The molecule has 0 aliphatic rings. The molecule has 4 rings (SSSR count). The number of aromatic nitrogens is 2. The van der Waals surface area contributed by atoms with Gasteiger partial charge in [0.05, 0.1) is 12.1 Å². The molecule has 0 fully saturated rings. The van der Waals surface area contributed by atoms with Crippen LogP contribution in [-0.2, 0) is 14.3 Å². The Morgan fingerprint density at radius 1 is 0.750 bits per heavy atom. The maximum atomic E-state index is 13.8. The number of ether oxygens (including phenoxy) is 2. The molecule has 2 amide bonds. The minimum Gasteiger partial charge on any atom is -0.457 e. The fourth-order valence-electron chi connectivity index (χ4n) is 6.04. The van der Waals surface area contributed by atoms with E-state index in [1.54, 1.807) is 45.3 Å². The Kier molecular flexibility index (Phi) is 12.4. The molecular weight excluding hydrogens is 652 g/mol. The summed E-state index contributed by atoms with van der Waals surface area (Å²) < 4.78 is 13.1. The van der Waals surface area contributed by atoms with Gasteiger partial charge in [-0.3, -0.25) is 9.59 Å². The largest absolute Gasteiger partial charge is 0.457 e. The van der Waals surface area contributed by atoms with E-state index >= 15 is 0 Å². The van der Waals surface area contributed by atoms with Gasteiger partial charge in [-0.1, -0.05) is 92.6 Å². The van der Waals surface area contributed by atoms with E-state index in [2.05, 4.69) is 69.4 Å². The fourth-order valence-corrected chi connectivity index (χ4v) is 6.04. The Labute approximate surface area is 309 Å². The zero-order valence-corrected chi connectivity index (χ0v) is 32.9. The zero-order valence-electron chi connectivity index (χ0n) is 32.9. The quantitative estimate of drug-likeness (QED) is 0.160. The summed E-state index contributed by atoms with van der Waals surface area (Å²) in [5.74, 6) is 1.45. The van der Waals surface area contributed by atoms with Crippen molar-refractivity contribution >= 4 is 23.6 Å². The first kappa shape index (κ1) is 39.9. The summed E-state index contributed by atoms with van der Waals surface area (Å²) in [5, 5.41) is 10.1. The number of rotatable bonds is 11. The molecule has 1 unspecified atom stereocenters. The second kappa shape index (κ2) is 16.2. The number of anilines is 1. The van der Waals surface area contributed by atoms with Crippen molar-refractivity contribution in [2.24, 2.45) is 5.41 Å². The molecule has 1 heterocycles. The van der Waals surface area contributed by atoms with Crippen molar-refractivity contribution in [3.8, 4) is 22.6 Å². The van der Waals surface area contributed by atoms with Crippen LogP contribution in [0, 0.1) is 5.41 Å². The zero-order chi connectivity index (χ0) is 38.5. The maximum Gasteiger partial charge on any atom is 0.435 e. The smallest absolute Gasteiger partial charge is 0.435 e. The first-order chi connectivity index (χ1) is 24.2. The van der Waals surface area contributed by atoms with E-state index in [1.165, 1.54) is 16.7 Å². The van der Waals surface area contributed by atoms with Crippen molar-refractivity contribution in [3.05, 3.63) is 95.3 Å². The van der Waals surface area contributed by atoms with E-state index in [0.29, 0.717) is 23.3 Å². The Bertz CT molecular complexity index is 1860. The standard InChI is InChI=1S/C43H56N4O5/c1-26(2)34-21-22-36(38(28(5)6)37(34)27(3)4)51-33-19-15-30(16-20-33)35(24-44-40(49)42(7,8)9)39(48)46-32-17-13-29(14-18-32)31-23-45-47(25-31)41(50)52-43(10,11)12/h13-23,25-28,35H,24H2,1-12H3,(H,44,49)(H,46,48). The summed E-state index contributed by atoms with van der Waals surface area (Å²) in [5.41, 5.74) is 5.53. The van der Waals surface area contributed by atoms with Crippen LogP contribution in [0.25, 0.3) is 11.1 Å². The number of carbonyl (C=O) groups excluding carboxylic acids is 3. The molecule has 52 heavy (non-hydrogen) atoms. The predicted octanol–water partition coefficient (Wildman–Crippen LogP) is 10.4. The van der Waals surface area contributed by atoms with Crippen molar-refractivity contribution in [2.75, 3.05) is 11.9 Å². The molecule has 3 aromatic carbocycles. The number of amides is 2. The first-order valence-electron chi connectivity index (χ1n) is 18.2. The lowest BCUT2D eigenvalue weighted by Gasteiger charge is -2.25. The SMILES string of the molecule is CC(C)c1ccc(Oc2ccc(C(CNC(=O)C(C)(C)C)C(=O)Nc3ccc(-c4cnn(C(=O)OC(C)(C)C)c4)cc3)cc2)c(C(C)C)c1C(C)C. The summed E-state index contributed by atoms with van der Waals surface area (Å²) in [6, 6.07) is 19.1. The minimum absolute atomic E-state index is 0.121. The lowest BCUT2D eigenvalue weighted by Crippen LogP contribution is -2.39. The molecule has 0 aliphatic heterocycles. The molecule has 9 nitrogen and oxygen atoms in total.